The lowest BCUT2D eigenvalue weighted by atomic mass is 9.85. The highest BCUT2D eigenvalue weighted by atomic mass is 35.5. The molecule has 2 aliphatic heterocycles. The molecule has 0 bridgehead atoms. The summed E-state index contributed by atoms with van der Waals surface area (Å²) < 4.78 is 49.0. The van der Waals surface area contributed by atoms with Crippen molar-refractivity contribution in [2.75, 3.05) is 37.6 Å². The molecule has 44 heavy (non-hydrogen) atoms. The van der Waals surface area contributed by atoms with Gasteiger partial charge in [0.1, 0.15) is 22.9 Å². The Hall–Kier alpha value is -3.00. The van der Waals surface area contributed by atoms with Crippen molar-refractivity contribution >= 4 is 62.0 Å². The molecule has 2 saturated heterocycles. The molecule has 0 spiro atoms. The molecule has 0 saturated carbocycles. The number of sulfonamides is 1. The molecule has 15 heteroatoms. The van der Waals surface area contributed by atoms with Gasteiger partial charge in [0.25, 0.3) is 10.0 Å². The van der Waals surface area contributed by atoms with Crippen LogP contribution in [-0.4, -0.2) is 88.4 Å². The fourth-order valence-corrected chi connectivity index (χ4v) is 7.86. The van der Waals surface area contributed by atoms with Crippen molar-refractivity contribution in [1.29, 1.82) is 0 Å². The van der Waals surface area contributed by atoms with E-state index >= 15 is 0 Å². The Kier molecular flexibility index (Phi) is 8.89. The van der Waals surface area contributed by atoms with E-state index in [-0.39, 0.29) is 59.0 Å². The maximum Gasteiger partial charge on any atom is 0.410 e. The first-order valence-electron chi connectivity index (χ1n) is 14.3. The smallest absolute Gasteiger partial charge is 0.410 e. The number of piperazine rings is 1. The van der Waals surface area contributed by atoms with Crippen LogP contribution in [0.3, 0.4) is 0 Å². The van der Waals surface area contributed by atoms with Crippen LogP contribution in [-0.2, 0) is 21.8 Å². The molecule has 5 rings (SSSR count). The highest BCUT2D eigenvalue weighted by Crippen LogP contribution is 2.36. The first-order valence-corrected chi connectivity index (χ1v) is 16.5. The maximum atomic E-state index is 13.8. The molecule has 3 aromatic heterocycles. The summed E-state index contributed by atoms with van der Waals surface area (Å²) in [5.41, 5.74) is 0.0697. The van der Waals surface area contributed by atoms with Crippen molar-refractivity contribution in [2.24, 2.45) is 13.0 Å². The summed E-state index contributed by atoms with van der Waals surface area (Å²) in [5.74, 6) is -0.439. The van der Waals surface area contributed by atoms with E-state index in [2.05, 4.69) is 9.97 Å². The number of rotatable bonds is 5. The Labute approximate surface area is 265 Å². The third-order valence-corrected chi connectivity index (χ3v) is 10.4. The average molecular weight is 670 g/mol. The molecule has 5 heterocycles. The third-order valence-electron chi connectivity index (χ3n) is 7.92. The molecule has 0 aliphatic carbocycles. The van der Waals surface area contributed by atoms with Gasteiger partial charge in [0.2, 0.25) is 0 Å². The van der Waals surface area contributed by atoms with Gasteiger partial charge in [-0.15, -0.1) is 0 Å². The molecule has 0 radical (unpaired) electrons. The number of hydrogen-bond acceptors (Lipinski definition) is 8. The minimum absolute atomic E-state index is 0.0596. The summed E-state index contributed by atoms with van der Waals surface area (Å²) in [7, 11) is -2.40. The number of amides is 1. The first-order chi connectivity index (χ1) is 20.6. The van der Waals surface area contributed by atoms with Crippen LogP contribution in [0.5, 0.6) is 0 Å². The number of anilines is 1. The molecule has 2 atom stereocenters. The maximum absolute atomic E-state index is 13.8. The van der Waals surface area contributed by atoms with E-state index in [1.165, 1.54) is 21.3 Å². The highest BCUT2D eigenvalue weighted by Gasteiger charge is 2.36. The standard InChI is InChI=1S/C29H35Cl2FN6O5S/c1-17-12-18(6-7-38(17)26-22(30)13-19(32)15-33-26)24(39)21-16-35(5)25-20(21)14-23(31)27(34-25)44(41,42)37-10-8-36(9-11-37)28(40)43-29(2,3)4/h13-18H,6-12H2,1-5H3. The molecular weight excluding hydrogens is 634 g/mol. The lowest BCUT2D eigenvalue weighted by Gasteiger charge is -2.38. The molecule has 1 amide bonds. The summed E-state index contributed by atoms with van der Waals surface area (Å²) >= 11 is 12.8. The van der Waals surface area contributed by atoms with Gasteiger partial charge in [-0.1, -0.05) is 23.2 Å². The number of carbonyl (C=O) groups is 2. The number of aromatic nitrogens is 3. The average Bonchev–Trinajstić information content (AvgIpc) is 3.26. The zero-order valence-corrected chi connectivity index (χ0v) is 27.5. The zero-order valence-electron chi connectivity index (χ0n) is 25.2. The van der Waals surface area contributed by atoms with E-state index in [4.69, 9.17) is 27.9 Å². The van der Waals surface area contributed by atoms with Crippen molar-refractivity contribution in [3.8, 4) is 0 Å². The number of piperidine rings is 1. The number of ether oxygens (including phenoxy) is 1. The number of aryl methyl sites for hydroxylation is 1. The van der Waals surface area contributed by atoms with Crippen molar-refractivity contribution in [1.82, 2.24) is 23.7 Å². The quantitative estimate of drug-likeness (QED) is 0.343. The lowest BCUT2D eigenvalue weighted by Crippen LogP contribution is -2.51. The van der Waals surface area contributed by atoms with Gasteiger partial charge in [-0.05, 0) is 52.7 Å². The number of fused-ring (bicyclic) bond motifs is 1. The molecule has 0 aromatic carbocycles. The molecule has 2 aliphatic rings. The summed E-state index contributed by atoms with van der Waals surface area (Å²) in [4.78, 5) is 38.2. The van der Waals surface area contributed by atoms with Crippen LogP contribution in [0.4, 0.5) is 15.0 Å². The number of ketones is 1. The van der Waals surface area contributed by atoms with Crippen LogP contribution < -0.4 is 4.90 Å². The number of hydrogen-bond donors (Lipinski definition) is 0. The molecule has 11 nitrogen and oxygen atoms in total. The number of nitrogens with zero attached hydrogens (tertiary/aromatic N) is 6. The predicted molar refractivity (Wildman–Crippen MR) is 165 cm³/mol. The van der Waals surface area contributed by atoms with E-state index < -0.39 is 27.5 Å². The molecule has 3 aromatic rings. The Morgan fingerprint density at radius 2 is 1.75 bits per heavy atom. The van der Waals surface area contributed by atoms with Gasteiger partial charge < -0.3 is 19.1 Å². The minimum Gasteiger partial charge on any atom is -0.444 e. The molecule has 0 N–H and O–H groups in total. The van der Waals surface area contributed by atoms with Crippen LogP contribution in [0.15, 0.2) is 29.6 Å². The topological polar surface area (TPSA) is 118 Å². The van der Waals surface area contributed by atoms with Gasteiger partial charge in [0.05, 0.1) is 16.2 Å². The van der Waals surface area contributed by atoms with Gasteiger partial charge in [-0.25, -0.2) is 27.6 Å². The third kappa shape index (κ3) is 6.37. The van der Waals surface area contributed by atoms with E-state index in [9.17, 15) is 22.4 Å². The van der Waals surface area contributed by atoms with Crippen LogP contribution in [0.2, 0.25) is 10.0 Å². The Morgan fingerprint density at radius 3 is 2.36 bits per heavy atom. The number of pyridine rings is 2. The van der Waals surface area contributed by atoms with Gasteiger partial charge in [-0.2, -0.15) is 4.31 Å². The Bertz CT molecular complexity index is 1720. The Balaban J connectivity index is 1.33. The van der Waals surface area contributed by atoms with Crippen molar-refractivity contribution in [2.45, 2.75) is 57.2 Å². The van der Waals surface area contributed by atoms with E-state index in [1.807, 2.05) is 11.8 Å². The molecular formula is C29H35Cl2FN6O5S. The van der Waals surface area contributed by atoms with Crippen molar-refractivity contribution in [3.63, 3.8) is 0 Å². The van der Waals surface area contributed by atoms with Gasteiger partial charge in [0, 0.05) is 68.9 Å². The lowest BCUT2D eigenvalue weighted by molar-refractivity contribution is 0.0192. The summed E-state index contributed by atoms with van der Waals surface area (Å²) in [6.45, 7) is 8.22. The second-order valence-corrected chi connectivity index (χ2v) is 14.9. The van der Waals surface area contributed by atoms with Crippen LogP contribution in [0.25, 0.3) is 11.0 Å². The van der Waals surface area contributed by atoms with Gasteiger partial charge in [-0.3, -0.25) is 4.79 Å². The number of carbonyl (C=O) groups excluding carboxylic acids is 2. The molecule has 2 unspecified atom stereocenters. The first kappa shape index (κ1) is 32.4. The number of halogens is 3. The normalized spacial score (nSPS) is 20.3. The van der Waals surface area contributed by atoms with Crippen LogP contribution in [0, 0.1) is 11.7 Å². The highest BCUT2D eigenvalue weighted by molar-refractivity contribution is 7.89. The second kappa shape index (κ2) is 12.1. The fourth-order valence-electron chi connectivity index (χ4n) is 5.75. The largest absolute Gasteiger partial charge is 0.444 e. The molecule has 238 valence electrons. The summed E-state index contributed by atoms with van der Waals surface area (Å²) in [6.07, 6.45) is 3.33. The zero-order chi connectivity index (χ0) is 32.1. The van der Waals surface area contributed by atoms with E-state index in [1.54, 1.807) is 38.6 Å². The van der Waals surface area contributed by atoms with E-state index in [0.717, 1.165) is 6.20 Å². The number of Topliss-reactive ketones (excluding diaryl/α,β-unsaturated/α-hetero) is 1. The van der Waals surface area contributed by atoms with Crippen molar-refractivity contribution < 1.29 is 27.1 Å². The molecule has 2 fully saturated rings. The van der Waals surface area contributed by atoms with Gasteiger partial charge >= 0.3 is 6.09 Å². The summed E-state index contributed by atoms with van der Waals surface area (Å²) in [6, 6.07) is 2.62. The van der Waals surface area contributed by atoms with Gasteiger partial charge in [0.15, 0.2) is 10.8 Å². The van der Waals surface area contributed by atoms with Crippen LogP contribution >= 0.6 is 23.2 Å². The van der Waals surface area contributed by atoms with Crippen molar-refractivity contribution in [3.05, 3.63) is 46.0 Å². The SMILES string of the molecule is CC1CC(C(=O)c2cn(C)c3nc(S(=O)(=O)N4CCN(C(=O)OC(C)(C)C)CC4)c(Cl)cc23)CCN1c1ncc(F)cc1Cl. The minimum atomic E-state index is -4.10. The van der Waals surface area contributed by atoms with Crippen LogP contribution in [0.1, 0.15) is 50.9 Å². The fraction of sp³-hybridized carbons (Fsp3) is 0.517. The Morgan fingerprint density at radius 1 is 1.07 bits per heavy atom. The predicted octanol–water partition coefficient (Wildman–Crippen LogP) is 5.14. The summed E-state index contributed by atoms with van der Waals surface area (Å²) in [5, 5.41) is 0.289. The van der Waals surface area contributed by atoms with E-state index in [0.29, 0.717) is 41.8 Å². The second-order valence-electron chi connectivity index (χ2n) is 12.3. The monoisotopic (exact) mass is 668 g/mol.